The fourth-order valence-corrected chi connectivity index (χ4v) is 2.28. The van der Waals surface area contributed by atoms with E-state index in [1.54, 1.807) is 0 Å². The summed E-state index contributed by atoms with van der Waals surface area (Å²) in [6, 6.07) is -0.0794. The molecule has 8 heteroatoms. The van der Waals surface area contributed by atoms with Crippen LogP contribution in [0.15, 0.2) is 0 Å². The third-order valence-corrected chi connectivity index (χ3v) is 3.44. The molecular weight excluding hydrogens is 236 g/mol. The van der Waals surface area contributed by atoms with Gasteiger partial charge >= 0.3 is 5.97 Å². The lowest BCUT2D eigenvalue weighted by molar-refractivity contribution is -0.144. The van der Waals surface area contributed by atoms with Gasteiger partial charge in [-0.25, -0.2) is 4.68 Å². The topological polar surface area (TPSA) is 96.2 Å². The predicted molar refractivity (Wildman–Crippen MR) is 60.8 cm³/mol. The normalized spacial score (nSPS) is 25.2. The van der Waals surface area contributed by atoms with Crippen molar-refractivity contribution < 1.29 is 9.90 Å². The molecule has 0 spiro atoms. The number of piperazine rings is 1. The molecule has 1 aliphatic heterocycles. The highest BCUT2D eigenvalue weighted by Crippen LogP contribution is 2.34. The summed E-state index contributed by atoms with van der Waals surface area (Å²) in [5.41, 5.74) is 0. The summed E-state index contributed by atoms with van der Waals surface area (Å²) in [5, 5.41) is 24.0. The number of rotatable bonds is 4. The number of carboxylic acid groups (broad SMARTS) is 1. The van der Waals surface area contributed by atoms with Crippen molar-refractivity contribution in [1.82, 2.24) is 30.4 Å². The van der Waals surface area contributed by atoms with E-state index in [9.17, 15) is 9.90 Å². The van der Waals surface area contributed by atoms with Crippen LogP contribution in [0.5, 0.6) is 0 Å². The van der Waals surface area contributed by atoms with E-state index < -0.39 is 12.0 Å². The first-order valence-corrected chi connectivity index (χ1v) is 6.20. The molecule has 0 bridgehead atoms. The Kier molecular flexibility index (Phi) is 2.96. The van der Waals surface area contributed by atoms with Crippen LogP contribution in [-0.2, 0) is 11.3 Å². The molecule has 2 N–H and O–H groups in total. The van der Waals surface area contributed by atoms with Crippen LogP contribution in [0.3, 0.4) is 0 Å². The molecule has 0 aromatic carbocycles. The smallest absolute Gasteiger partial charge is 0.322 e. The highest BCUT2D eigenvalue weighted by Gasteiger charge is 2.32. The van der Waals surface area contributed by atoms with Crippen molar-refractivity contribution in [3.63, 3.8) is 0 Å². The molecule has 0 amide bonds. The number of hydrogen-bond acceptors (Lipinski definition) is 6. The lowest BCUT2D eigenvalue weighted by atomic mass is 10.2. The van der Waals surface area contributed by atoms with Crippen LogP contribution >= 0.6 is 0 Å². The molecule has 1 unspecified atom stereocenters. The van der Waals surface area contributed by atoms with Gasteiger partial charge in [0.1, 0.15) is 6.04 Å². The number of nitrogens with zero attached hydrogens (tertiary/aromatic N) is 5. The van der Waals surface area contributed by atoms with E-state index in [0.29, 0.717) is 25.7 Å². The van der Waals surface area contributed by atoms with Gasteiger partial charge in [-0.15, -0.1) is 5.10 Å². The Hall–Kier alpha value is -1.54. The molecule has 98 valence electrons. The molecule has 3 rings (SSSR count). The molecule has 2 fully saturated rings. The zero-order valence-corrected chi connectivity index (χ0v) is 9.99. The third kappa shape index (κ3) is 2.21. The van der Waals surface area contributed by atoms with E-state index in [0.717, 1.165) is 25.2 Å². The van der Waals surface area contributed by atoms with Crippen LogP contribution in [0.4, 0.5) is 0 Å². The highest BCUT2D eigenvalue weighted by molar-refractivity contribution is 5.73. The van der Waals surface area contributed by atoms with E-state index in [4.69, 9.17) is 0 Å². The summed E-state index contributed by atoms with van der Waals surface area (Å²) < 4.78 is 1.83. The van der Waals surface area contributed by atoms with Crippen LogP contribution < -0.4 is 5.32 Å². The lowest BCUT2D eigenvalue weighted by Gasteiger charge is -2.32. The first-order valence-electron chi connectivity index (χ1n) is 6.20. The lowest BCUT2D eigenvalue weighted by Crippen LogP contribution is -2.54. The largest absolute Gasteiger partial charge is 0.480 e. The SMILES string of the molecule is O=C(O)C1CNCCN1Cc1nnnn1C1CC1. The predicted octanol–water partition coefficient (Wildman–Crippen LogP) is -1.13. The van der Waals surface area contributed by atoms with E-state index >= 15 is 0 Å². The Bertz CT molecular complexity index is 443. The van der Waals surface area contributed by atoms with Crippen LogP contribution in [0.2, 0.25) is 0 Å². The van der Waals surface area contributed by atoms with Gasteiger partial charge < -0.3 is 10.4 Å². The quantitative estimate of drug-likeness (QED) is 0.699. The van der Waals surface area contributed by atoms with Gasteiger partial charge in [-0.3, -0.25) is 9.69 Å². The summed E-state index contributed by atoms with van der Waals surface area (Å²) >= 11 is 0. The van der Waals surface area contributed by atoms with Gasteiger partial charge in [0.2, 0.25) is 0 Å². The minimum absolute atomic E-state index is 0.418. The average Bonchev–Trinajstić information content (AvgIpc) is 3.11. The van der Waals surface area contributed by atoms with Crippen molar-refractivity contribution in [3.8, 4) is 0 Å². The molecule has 1 saturated carbocycles. The molecule has 2 aliphatic rings. The van der Waals surface area contributed by atoms with Crippen LogP contribution in [0.25, 0.3) is 0 Å². The number of carboxylic acids is 1. The molecule has 18 heavy (non-hydrogen) atoms. The fourth-order valence-electron chi connectivity index (χ4n) is 2.28. The number of aromatic nitrogens is 4. The van der Waals surface area contributed by atoms with Gasteiger partial charge in [-0.1, -0.05) is 0 Å². The van der Waals surface area contributed by atoms with Gasteiger partial charge in [0.25, 0.3) is 0 Å². The fraction of sp³-hybridized carbons (Fsp3) is 0.800. The Labute approximate surface area is 104 Å². The molecular formula is C10H16N6O2. The number of nitrogens with one attached hydrogen (secondary N) is 1. The Morgan fingerprint density at radius 1 is 1.50 bits per heavy atom. The Morgan fingerprint density at radius 2 is 2.33 bits per heavy atom. The van der Waals surface area contributed by atoms with Gasteiger partial charge in [-0.05, 0) is 23.3 Å². The summed E-state index contributed by atoms with van der Waals surface area (Å²) in [7, 11) is 0. The number of hydrogen-bond donors (Lipinski definition) is 2. The van der Waals surface area contributed by atoms with Gasteiger partial charge in [-0.2, -0.15) is 0 Å². The maximum absolute atomic E-state index is 11.2. The molecule has 1 aliphatic carbocycles. The molecule has 1 aromatic heterocycles. The molecule has 1 saturated heterocycles. The second-order valence-corrected chi connectivity index (χ2v) is 4.80. The monoisotopic (exact) mass is 252 g/mol. The molecule has 0 radical (unpaired) electrons. The number of aliphatic carboxylic acids is 1. The summed E-state index contributed by atoms with van der Waals surface area (Å²) in [6.07, 6.45) is 2.23. The molecule has 2 heterocycles. The van der Waals surface area contributed by atoms with Crippen molar-refractivity contribution >= 4 is 5.97 Å². The average molecular weight is 252 g/mol. The maximum atomic E-state index is 11.2. The Morgan fingerprint density at radius 3 is 3.06 bits per heavy atom. The van der Waals surface area contributed by atoms with Crippen molar-refractivity contribution in [2.24, 2.45) is 0 Å². The van der Waals surface area contributed by atoms with Gasteiger partial charge in [0, 0.05) is 19.6 Å². The first kappa shape index (κ1) is 11.5. The zero-order chi connectivity index (χ0) is 12.5. The van der Waals surface area contributed by atoms with Gasteiger partial charge in [0.15, 0.2) is 5.82 Å². The van der Waals surface area contributed by atoms with Gasteiger partial charge in [0.05, 0.1) is 12.6 Å². The van der Waals surface area contributed by atoms with Crippen LogP contribution in [-0.4, -0.2) is 61.9 Å². The van der Waals surface area contributed by atoms with E-state index in [-0.39, 0.29) is 0 Å². The minimum Gasteiger partial charge on any atom is -0.480 e. The zero-order valence-electron chi connectivity index (χ0n) is 9.99. The molecule has 1 atom stereocenters. The van der Waals surface area contributed by atoms with E-state index in [1.807, 2.05) is 9.58 Å². The van der Waals surface area contributed by atoms with Crippen molar-refractivity contribution in [1.29, 1.82) is 0 Å². The van der Waals surface area contributed by atoms with E-state index in [1.165, 1.54) is 0 Å². The highest BCUT2D eigenvalue weighted by atomic mass is 16.4. The third-order valence-electron chi connectivity index (χ3n) is 3.44. The molecule has 8 nitrogen and oxygen atoms in total. The first-order chi connectivity index (χ1) is 8.75. The second kappa shape index (κ2) is 4.62. The van der Waals surface area contributed by atoms with Crippen molar-refractivity contribution in [2.75, 3.05) is 19.6 Å². The van der Waals surface area contributed by atoms with Crippen LogP contribution in [0.1, 0.15) is 24.7 Å². The number of tetrazole rings is 1. The van der Waals surface area contributed by atoms with E-state index in [2.05, 4.69) is 20.8 Å². The molecule has 1 aromatic rings. The van der Waals surface area contributed by atoms with Crippen molar-refractivity contribution in [2.45, 2.75) is 31.5 Å². The Balaban J connectivity index is 1.73. The summed E-state index contributed by atoms with van der Waals surface area (Å²) in [4.78, 5) is 13.1. The minimum atomic E-state index is -0.798. The van der Waals surface area contributed by atoms with Crippen LogP contribution in [0, 0.1) is 0 Å². The maximum Gasteiger partial charge on any atom is 0.322 e. The van der Waals surface area contributed by atoms with Crippen molar-refractivity contribution in [3.05, 3.63) is 5.82 Å². The summed E-state index contributed by atoms with van der Waals surface area (Å²) in [5.74, 6) is -0.0294. The number of carbonyl (C=O) groups is 1. The summed E-state index contributed by atoms with van der Waals surface area (Å²) in [6.45, 7) is 2.48. The standard InChI is InChI=1S/C10H16N6O2/c17-10(18)8-5-11-3-4-15(8)6-9-12-13-14-16(9)7-1-2-7/h7-8,11H,1-6H2,(H,17,18). The second-order valence-electron chi connectivity index (χ2n) is 4.80.